The smallest absolute Gasteiger partial charge is 0.121 e. The molecule has 0 fully saturated rings. The summed E-state index contributed by atoms with van der Waals surface area (Å²) >= 11 is 5.82. The van der Waals surface area contributed by atoms with Gasteiger partial charge >= 0.3 is 0 Å². The number of rotatable bonds is 5. The first-order chi connectivity index (χ1) is 7.67. The van der Waals surface area contributed by atoms with Crippen LogP contribution in [0.3, 0.4) is 0 Å². The number of halogens is 1. The lowest BCUT2D eigenvalue weighted by Gasteiger charge is -2.11. The third kappa shape index (κ3) is 3.70. The summed E-state index contributed by atoms with van der Waals surface area (Å²) in [6.45, 7) is 0.333. The first-order valence-corrected chi connectivity index (χ1v) is 5.04. The molecule has 1 atom stereocenters. The Morgan fingerprint density at radius 3 is 2.81 bits per heavy atom. The number of aliphatic hydroxyl groups excluding tert-OH is 1. The molecule has 0 aliphatic carbocycles. The number of ether oxygens (including phenoxy) is 2. The third-order valence-electron chi connectivity index (χ3n) is 1.86. The molecule has 1 aromatic carbocycles. The Bertz CT molecular complexity index is 389. The molecule has 0 aliphatic rings. The molecule has 86 valence electrons. The van der Waals surface area contributed by atoms with Crippen LogP contribution >= 0.6 is 11.6 Å². The van der Waals surface area contributed by atoms with Crippen LogP contribution in [0, 0.1) is 11.3 Å². The van der Waals surface area contributed by atoms with E-state index in [9.17, 15) is 5.11 Å². The van der Waals surface area contributed by atoms with Crippen LogP contribution in [0.4, 0.5) is 0 Å². The van der Waals surface area contributed by atoms with Crippen molar-refractivity contribution in [3.8, 4) is 11.8 Å². The van der Waals surface area contributed by atoms with Gasteiger partial charge in [-0.1, -0.05) is 11.6 Å². The molecule has 5 heteroatoms. The molecule has 0 radical (unpaired) electrons. The van der Waals surface area contributed by atoms with Gasteiger partial charge in [0.25, 0.3) is 0 Å². The monoisotopic (exact) mass is 241 g/mol. The van der Waals surface area contributed by atoms with Gasteiger partial charge in [0.1, 0.15) is 24.5 Å². The van der Waals surface area contributed by atoms with E-state index in [0.717, 1.165) is 0 Å². The maximum absolute atomic E-state index is 9.35. The molecule has 0 unspecified atom stereocenters. The fourth-order valence-electron chi connectivity index (χ4n) is 1.11. The quantitative estimate of drug-likeness (QED) is 0.851. The molecule has 0 aliphatic heterocycles. The molecular weight excluding hydrogens is 230 g/mol. The third-order valence-corrected chi connectivity index (χ3v) is 2.18. The van der Waals surface area contributed by atoms with Crippen LogP contribution < -0.4 is 4.74 Å². The Balaban J connectivity index is 2.56. The fourth-order valence-corrected chi connectivity index (χ4v) is 1.32. The van der Waals surface area contributed by atoms with Gasteiger partial charge in [0.2, 0.25) is 0 Å². The SMILES string of the molecule is COC[C@@H](O)COc1ccc(C#N)c(Cl)c1. The molecule has 0 amide bonds. The predicted molar refractivity (Wildman–Crippen MR) is 59.5 cm³/mol. The van der Waals surface area contributed by atoms with Gasteiger partial charge in [0.15, 0.2) is 0 Å². The molecule has 16 heavy (non-hydrogen) atoms. The van der Waals surface area contributed by atoms with Crippen molar-refractivity contribution in [1.82, 2.24) is 0 Å². The fraction of sp³-hybridized carbons (Fsp3) is 0.364. The Kier molecular flexibility index (Phi) is 5.06. The number of hydrogen-bond donors (Lipinski definition) is 1. The van der Waals surface area contributed by atoms with Crippen molar-refractivity contribution < 1.29 is 14.6 Å². The summed E-state index contributed by atoms with van der Waals surface area (Å²) in [6, 6.07) is 6.69. The number of nitrogens with zero attached hydrogens (tertiary/aromatic N) is 1. The minimum atomic E-state index is -0.681. The lowest BCUT2D eigenvalue weighted by molar-refractivity contribution is 0.0325. The molecular formula is C11H12ClNO3. The molecule has 0 spiro atoms. The Morgan fingerprint density at radius 2 is 2.25 bits per heavy atom. The summed E-state index contributed by atoms with van der Waals surface area (Å²) in [5.41, 5.74) is 0.395. The molecule has 1 aromatic rings. The van der Waals surface area contributed by atoms with Gasteiger partial charge in [0, 0.05) is 13.2 Å². The van der Waals surface area contributed by atoms with E-state index in [1.807, 2.05) is 6.07 Å². The summed E-state index contributed by atoms with van der Waals surface area (Å²) in [6.07, 6.45) is -0.681. The average Bonchev–Trinajstić information content (AvgIpc) is 2.27. The molecule has 0 heterocycles. The molecule has 1 rings (SSSR count). The zero-order valence-electron chi connectivity index (χ0n) is 8.81. The zero-order chi connectivity index (χ0) is 12.0. The Morgan fingerprint density at radius 1 is 1.50 bits per heavy atom. The van der Waals surface area contributed by atoms with Gasteiger partial charge in [-0.25, -0.2) is 0 Å². The summed E-state index contributed by atoms with van der Waals surface area (Å²) in [7, 11) is 1.50. The van der Waals surface area contributed by atoms with Crippen LogP contribution in [0.2, 0.25) is 5.02 Å². The van der Waals surface area contributed by atoms with Crippen LogP contribution in [0.25, 0.3) is 0 Å². The van der Waals surface area contributed by atoms with Crippen molar-refractivity contribution in [3.63, 3.8) is 0 Å². The van der Waals surface area contributed by atoms with E-state index in [1.165, 1.54) is 7.11 Å². The summed E-state index contributed by atoms with van der Waals surface area (Å²) in [5, 5.41) is 18.3. The molecule has 0 aromatic heterocycles. The van der Waals surface area contributed by atoms with E-state index < -0.39 is 6.10 Å². The molecule has 1 N–H and O–H groups in total. The van der Waals surface area contributed by atoms with Crippen LogP contribution in [-0.2, 0) is 4.74 Å². The number of methoxy groups -OCH3 is 1. The van der Waals surface area contributed by atoms with Gasteiger partial charge in [-0.3, -0.25) is 0 Å². The lowest BCUT2D eigenvalue weighted by atomic mass is 10.2. The topological polar surface area (TPSA) is 62.5 Å². The minimum absolute atomic E-state index is 0.121. The summed E-state index contributed by atoms with van der Waals surface area (Å²) in [5.74, 6) is 0.513. The standard InChI is InChI=1S/C11H12ClNO3/c1-15-6-9(14)7-16-10-3-2-8(5-13)11(12)4-10/h2-4,9,14H,6-7H2,1H3/t9-/m1/s1. The van der Waals surface area contributed by atoms with E-state index in [0.29, 0.717) is 16.3 Å². The molecule has 0 bridgehead atoms. The Labute approximate surface area is 99.0 Å². The maximum atomic E-state index is 9.35. The van der Waals surface area contributed by atoms with Crippen molar-refractivity contribution >= 4 is 11.6 Å². The number of benzene rings is 1. The highest BCUT2D eigenvalue weighted by Gasteiger charge is 2.06. The van der Waals surface area contributed by atoms with Gasteiger partial charge in [-0.05, 0) is 12.1 Å². The molecule has 0 saturated heterocycles. The van der Waals surface area contributed by atoms with Crippen molar-refractivity contribution in [2.45, 2.75) is 6.10 Å². The number of nitriles is 1. The van der Waals surface area contributed by atoms with Gasteiger partial charge < -0.3 is 14.6 Å². The summed E-state index contributed by atoms with van der Waals surface area (Å²) < 4.78 is 10.0. The van der Waals surface area contributed by atoms with Crippen LogP contribution in [0.1, 0.15) is 5.56 Å². The van der Waals surface area contributed by atoms with E-state index in [1.54, 1.807) is 18.2 Å². The van der Waals surface area contributed by atoms with Gasteiger partial charge in [0.05, 0.1) is 17.2 Å². The van der Waals surface area contributed by atoms with Gasteiger partial charge in [-0.2, -0.15) is 5.26 Å². The minimum Gasteiger partial charge on any atom is -0.491 e. The maximum Gasteiger partial charge on any atom is 0.121 e. The Hall–Kier alpha value is -1.28. The lowest BCUT2D eigenvalue weighted by Crippen LogP contribution is -2.22. The van der Waals surface area contributed by atoms with E-state index in [2.05, 4.69) is 0 Å². The van der Waals surface area contributed by atoms with Crippen molar-refractivity contribution in [3.05, 3.63) is 28.8 Å². The largest absolute Gasteiger partial charge is 0.491 e. The highest BCUT2D eigenvalue weighted by Crippen LogP contribution is 2.21. The van der Waals surface area contributed by atoms with E-state index in [4.69, 9.17) is 26.3 Å². The normalized spacial score (nSPS) is 11.9. The van der Waals surface area contributed by atoms with Crippen LogP contribution in [0.15, 0.2) is 18.2 Å². The summed E-state index contributed by atoms with van der Waals surface area (Å²) in [4.78, 5) is 0. The highest BCUT2D eigenvalue weighted by molar-refractivity contribution is 6.31. The first-order valence-electron chi connectivity index (χ1n) is 4.67. The van der Waals surface area contributed by atoms with E-state index >= 15 is 0 Å². The first kappa shape index (κ1) is 12.8. The van der Waals surface area contributed by atoms with E-state index in [-0.39, 0.29) is 13.2 Å². The second kappa shape index (κ2) is 6.33. The molecule has 0 saturated carbocycles. The van der Waals surface area contributed by atoms with Crippen molar-refractivity contribution in [1.29, 1.82) is 5.26 Å². The predicted octanol–water partition coefficient (Wildman–Crippen LogP) is 1.60. The van der Waals surface area contributed by atoms with Crippen molar-refractivity contribution in [2.24, 2.45) is 0 Å². The second-order valence-electron chi connectivity index (χ2n) is 3.17. The second-order valence-corrected chi connectivity index (χ2v) is 3.58. The average molecular weight is 242 g/mol. The number of aliphatic hydroxyl groups is 1. The number of hydrogen-bond acceptors (Lipinski definition) is 4. The van der Waals surface area contributed by atoms with Crippen LogP contribution in [-0.4, -0.2) is 31.5 Å². The van der Waals surface area contributed by atoms with Crippen molar-refractivity contribution in [2.75, 3.05) is 20.3 Å². The van der Waals surface area contributed by atoms with Crippen LogP contribution in [0.5, 0.6) is 5.75 Å². The highest BCUT2D eigenvalue weighted by atomic mass is 35.5. The molecule has 4 nitrogen and oxygen atoms in total. The zero-order valence-corrected chi connectivity index (χ0v) is 9.57. The van der Waals surface area contributed by atoms with Gasteiger partial charge in [-0.15, -0.1) is 0 Å².